The lowest BCUT2D eigenvalue weighted by Crippen LogP contribution is -2.47. The lowest BCUT2D eigenvalue weighted by atomic mass is 10.1. The monoisotopic (exact) mass is 990 g/mol. The van der Waals surface area contributed by atoms with Crippen LogP contribution in [-0.2, 0) is 60.7 Å². The Labute approximate surface area is 401 Å². The molecule has 3 aromatic carbocycles. The molecule has 0 aliphatic carbocycles. The summed E-state index contributed by atoms with van der Waals surface area (Å²) in [5, 5.41) is 7.88. The van der Waals surface area contributed by atoms with Crippen LogP contribution in [0, 0.1) is 29.1 Å². The van der Waals surface area contributed by atoms with Crippen LogP contribution in [0.4, 0.5) is 33.3 Å². The molecule has 0 atom stereocenters. The third-order valence-corrected chi connectivity index (χ3v) is 10.2. The fourth-order valence-electron chi connectivity index (χ4n) is 6.16. The largest absolute Gasteiger partial charge is 0.418 e. The molecule has 382 valence electrons. The van der Waals surface area contributed by atoms with Gasteiger partial charge in [-0.05, 0) is 67.6 Å². The Morgan fingerprint density at radius 3 is 1.37 bits per heavy atom. The number of aryl methyl sites for hydroxylation is 2. The summed E-state index contributed by atoms with van der Waals surface area (Å²) in [6.45, 7) is 4.64. The van der Waals surface area contributed by atoms with Crippen molar-refractivity contribution in [2.45, 2.75) is 90.9 Å². The summed E-state index contributed by atoms with van der Waals surface area (Å²) in [4.78, 5) is 95.6. The molecule has 7 amide bonds. The number of benzene rings is 3. The summed E-state index contributed by atoms with van der Waals surface area (Å²) in [5.41, 5.74) is 7.91. The van der Waals surface area contributed by atoms with E-state index in [1.54, 1.807) is 36.4 Å². The molecule has 22 heteroatoms. The Hall–Kier alpha value is -6.65. The smallest absolute Gasteiger partial charge is 0.337 e. The average molecular weight is 991 g/mol. The number of unbranched alkanes of at least 4 members (excludes halogenated alkanes) is 4. The number of nitrogens with two attached hydrogens (primary N) is 1. The predicted octanol–water partition coefficient (Wildman–Crippen LogP) is 5.41. The van der Waals surface area contributed by atoms with Crippen molar-refractivity contribution >= 4 is 58.7 Å². The van der Waals surface area contributed by atoms with Crippen molar-refractivity contribution < 1.29 is 74.5 Å². The van der Waals surface area contributed by atoms with Crippen LogP contribution in [0.15, 0.2) is 48.5 Å². The Morgan fingerprint density at radius 2 is 0.986 bits per heavy atom. The number of halogens is 5. The molecule has 0 bridgehead atoms. The van der Waals surface area contributed by atoms with E-state index in [0.29, 0.717) is 56.7 Å². The summed E-state index contributed by atoms with van der Waals surface area (Å²) in [5.74, 6) is -16.9. The van der Waals surface area contributed by atoms with Gasteiger partial charge in [-0.25, -0.2) is 18.0 Å². The first kappa shape index (κ1) is 57.7. The van der Waals surface area contributed by atoms with E-state index in [0.717, 1.165) is 36.9 Å². The van der Waals surface area contributed by atoms with Gasteiger partial charge in [-0.1, -0.05) is 63.8 Å². The molecule has 0 unspecified atom stereocenters. The summed E-state index contributed by atoms with van der Waals surface area (Å²) in [7, 11) is 0. The number of nitrogens with zero attached hydrogens (tertiary/aromatic N) is 2. The minimum Gasteiger partial charge on any atom is -0.418 e. The molecule has 5 rings (SSSR count). The summed E-state index contributed by atoms with van der Waals surface area (Å²) in [6.07, 6.45) is 9.04. The Morgan fingerprint density at radius 1 is 0.571 bits per heavy atom. The molecule has 0 spiro atoms. The van der Waals surface area contributed by atoms with Crippen molar-refractivity contribution in [2.24, 2.45) is 5.73 Å². The highest BCUT2D eigenvalue weighted by molar-refractivity contribution is 6.00. The van der Waals surface area contributed by atoms with E-state index in [4.69, 9.17) is 15.2 Å². The number of anilines is 2. The van der Waals surface area contributed by atoms with Gasteiger partial charge in [0, 0.05) is 56.7 Å². The van der Waals surface area contributed by atoms with Gasteiger partial charge in [0.15, 0.2) is 0 Å². The molecule has 0 radical (unpaired) electrons. The highest BCUT2D eigenvalue weighted by Gasteiger charge is 2.31. The van der Waals surface area contributed by atoms with E-state index in [2.05, 4.69) is 34.5 Å². The SMILES string of the molecule is CCCCCN.CCCCCNC(=O)COCC(=O)Nc1ccc(CCC(=O)N2CCC2=O)cc1.O=C(COCC(=O)Oc1c(F)c(F)c(F)c(F)c1F)Nc1ccc(CCC(=O)N2CCC2=O)cc1. The minimum absolute atomic E-state index is 0.107. The van der Waals surface area contributed by atoms with Crippen LogP contribution in [0.1, 0.15) is 89.2 Å². The Kier molecular flexibility index (Phi) is 25.3. The fraction of sp³-hybridized carbons (Fsp3) is 0.458. The Bertz CT molecular complexity index is 2240. The molecule has 70 heavy (non-hydrogen) atoms. The number of ether oxygens (including phenoxy) is 3. The van der Waals surface area contributed by atoms with E-state index >= 15 is 0 Å². The normalized spacial score (nSPS) is 12.6. The molecule has 2 fully saturated rings. The van der Waals surface area contributed by atoms with Gasteiger partial charge in [-0.15, -0.1) is 0 Å². The topological polar surface area (TPSA) is 233 Å². The predicted molar refractivity (Wildman–Crippen MR) is 244 cm³/mol. The number of carbonyl (C=O) groups is 8. The van der Waals surface area contributed by atoms with Crippen molar-refractivity contribution in [1.29, 1.82) is 0 Å². The highest BCUT2D eigenvalue weighted by Crippen LogP contribution is 2.29. The quantitative estimate of drug-likeness (QED) is 0.0168. The van der Waals surface area contributed by atoms with Gasteiger partial charge in [0.05, 0.1) is 0 Å². The number of rotatable bonds is 24. The van der Waals surface area contributed by atoms with Crippen LogP contribution in [0.2, 0.25) is 0 Å². The third-order valence-electron chi connectivity index (χ3n) is 10.2. The molecule has 5 N–H and O–H groups in total. The maximum atomic E-state index is 13.5. The van der Waals surface area contributed by atoms with Crippen LogP contribution in [0.25, 0.3) is 0 Å². The molecule has 2 aliphatic heterocycles. The second kappa shape index (κ2) is 30.8. The van der Waals surface area contributed by atoms with Crippen molar-refractivity contribution in [3.8, 4) is 5.75 Å². The summed E-state index contributed by atoms with van der Waals surface area (Å²) in [6, 6.07) is 13.5. The van der Waals surface area contributed by atoms with Gasteiger partial charge in [0.1, 0.15) is 26.4 Å². The van der Waals surface area contributed by atoms with E-state index in [-0.39, 0.29) is 61.5 Å². The molecule has 0 aromatic heterocycles. The van der Waals surface area contributed by atoms with Crippen molar-refractivity contribution in [2.75, 3.05) is 63.2 Å². The van der Waals surface area contributed by atoms with Gasteiger partial charge >= 0.3 is 5.97 Å². The zero-order valence-corrected chi connectivity index (χ0v) is 39.1. The molecule has 17 nitrogen and oxygen atoms in total. The molecule has 2 aliphatic rings. The number of esters is 1. The second-order valence-corrected chi connectivity index (χ2v) is 15.8. The number of imide groups is 2. The number of hydrogen-bond donors (Lipinski definition) is 4. The fourth-order valence-corrected chi connectivity index (χ4v) is 6.16. The third kappa shape index (κ3) is 19.8. The summed E-state index contributed by atoms with van der Waals surface area (Å²) < 4.78 is 80.2. The molecule has 3 aromatic rings. The maximum absolute atomic E-state index is 13.5. The molecule has 2 heterocycles. The van der Waals surface area contributed by atoms with Gasteiger partial charge in [-0.3, -0.25) is 43.4 Å². The first-order valence-electron chi connectivity index (χ1n) is 22.8. The van der Waals surface area contributed by atoms with Gasteiger partial charge in [0.25, 0.3) is 0 Å². The van der Waals surface area contributed by atoms with Crippen LogP contribution in [0.3, 0.4) is 0 Å². The number of β-lactam (4-membered cyclic amide) rings is 2. The van der Waals surface area contributed by atoms with E-state index < -0.39 is 59.9 Å². The molecular weight excluding hydrogens is 932 g/mol. The number of hydrogen-bond acceptors (Lipinski definition) is 12. The van der Waals surface area contributed by atoms with Crippen LogP contribution in [-0.4, -0.2) is 110 Å². The molecule has 2 saturated heterocycles. The first-order valence-corrected chi connectivity index (χ1v) is 22.8. The van der Waals surface area contributed by atoms with Gasteiger partial charge < -0.3 is 35.9 Å². The minimum atomic E-state index is -2.41. The highest BCUT2D eigenvalue weighted by atomic mass is 19.2. The molecule has 0 saturated carbocycles. The number of amides is 7. The number of nitrogens with one attached hydrogen (secondary N) is 3. The zero-order valence-electron chi connectivity index (χ0n) is 39.1. The van der Waals surface area contributed by atoms with Crippen LogP contribution >= 0.6 is 0 Å². The van der Waals surface area contributed by atoms with Gasteiger partial charge in [-0.2, -0.15) is 8.78 Å². The Balaban J connectivity index is 0.000000336. The number of carbonyl (C=O) groups excluding carboxylic acids is 8. The van der Waals surface area contributed by atoms with Crippen molar-refractivity contribution in [3.05, 3.63) is 88.7 Å². The van der Waals surface area contributed by atoms with Crippen molar-refractivity contribution in [3.63, 3.8) is 0 Å². The van der Waals surface area contributed by atoms with E-state index in [1.165, 1.54) is 29.1 Å². The lowest BCUT2D eigenvalue weighted by molar-refractivity contribution is -0.153. The summed E-state index contributed by atoms with van der Waals surface area (Å²) >= 11 is 0. The lowest BCUT2D eigenvalue weighted by Gasteiger charge is -2.28. The molecular formula is C48H59F5N6O11. The maximum Gasteiger partial charge on any atom is 0.337 e. The standard InChI is InChI=1S/C22H17F5N2O6.C21H29N3O5.C5H13N/c23-17-18(24)20(26)22(21(27)19(17)25)35-16(33)10-34-9-13(30)28-12-4-1-11(2-5-12)3-6-14(31)29-8-7-15(29)32;1-2-3-4-12-22-18(25)14-29-15-19(26)23-17-8-5-16(6-9-17)7-10-20(27)24-13-11-21(24)28;1-2-3-4-5-6/h1-2,4-5H,3,6-10H2,(H,28,30);5-6,8-9H,2-4,7,10-15H2,1H3,(H,22,25)(H,23,26);2-6H2,1H3. The number of likely N-dealkylation sites (tertiary alicyclic amines) is 2. The van der Waals surface area contributed by atoms with Crippen LogP contribution in [0.5, 0.6) is 5.75 Å². The van der Waals surface area contributed by atoms with Crippen molar-refractivity contribution in [1.82, 2.24) is 15.1 Å². The van der Waals surface area contributed by atoms with E-state index in [1.807, 2.05) is 12.1 Å². The zero-order chi connectivity index (χ0) is 51.6. The second-order valence-electron chi connectivity index (χ2n) is 15.8. The van der Waals surface area contributed by atoms with Crippen LogP contribution < -0.4 is 26.4 Å². The van der Waals surface area contributed by atoms with Gasteiger partial charge in [0.2, 0.25) is 76.2 Å². The average Bonchev–Trinajstić information content (AvgIpc) is 3.33. The van der Waals surface area contributed by atoms with E-state index in [9.17, 15) is 60.3 Å². The first-order chi connectivity index (χ1) is 33.5.